The summed E-state index contributed by atoms with van der Waals surface area (Å²) in [4.78, 5) is 10.2. The van der Waals surface area contributed by atoms with Gasteiger partial charge in [0.05, 0.1) is 0 Å². The van der Waals surface area contributed by atoms with Crippen LogP contribution in [0.25, 0.3) is 0 Å². The van der Waals surface area contributed by atoms with Crippen molar-refractivity contribution < 1.29 is 0 Å². The number of hydrogen-bond acceptors (Lipinski definition) is 3. The molecule has 1 aliphatic heterocycles. The maximum Gasteiger partial charge on any atom is 0.224 e. The van der Waals surface area contributed by atoms with Gasteiger partial charge >= 0.3 is 0 Å². The minimum absolute atomic E-state index is 0.340. The van der Waals surface area contributed by atoms with Gasteiger partial charge in [0.1, 0.15) is 5.82 Å². The minimum atomic E-state index is 0.340. The fraction of sp³-hybridized carbons (Fsp3) is 0.429. The third-order valence-electron chi connectivity index (χ3n) is 1.58. The largest absolute Gasteiger partial charge is 0.353 e. The molecule has 1 aliphatic rings. The Morgan fingerprint density at radius 2 is 2.18 bits per heavy atom. The summed E-state index contributed by atoms with van der Waals surface area (Å²) < 4.78 is 0. The zero-order valence-corrected chi connectivity index (χ0v) is 6.97. The van der Waals surface area contributed by atoms with Crippen molar-refractivity contribution in [3.8, 4) is 0 Å². The smallest absolute Gasteiger partial charge is 0.224 e. The highest BCUT2D eigenvalue weighted by atomic mass is 35.5. The molecule has 0 spiro atoms. The molecule has 2 rings (SSSR count). The van der Waals surface area contributed by atoms with Crippen LogP contribution in [0.4, 0.5) is 5.82 Å². The van der Waals surface area contributed by atoms with Crippen molar-refractivity contribution in [2.75, 3.05) is 18.0 Å². The average molecular weight is 170 g/mol. The minimum Gasteiger partial charge on any atom is -0.353 e. The van der Waals surface area contributed by atoms with Gasteiger partial charge in [0, 0.05) is 24.8 Å². The highest BCUT2D eigenvalue weighted by Crippen LogP contribution is 2.19. The summed E-state index contributed by atoms with van der Waals surface area (Å²) in [5.41, 5.74) is 0.923. The highest BCUT2D eigenvalue weighted by Gasteiger charge is 2.19. The molecule has 1 aromatic heterocycles. The second kappa shape index (κ2) is 2.34. The van der Waals surface area contributed by atoms with Crippen LogP contribution in [0, 0.1) is 6.92 Å². The first kappa shape index (κ1) is 6.85. The lowest BCUT2D eigenvalue weighted by molar-refractivity contribution is 1.08. The molecule has 0 N–H and O–H groups in total. The Balaban J connectivity index is 2.39. The van der Waals surface area contributed by atoms with Gasteiger partial charge in [-0.1, -0.05) is 0 Å². The number of hydrogen-bond donors (Lipinski definition) is 0. The lowest BCUT2D eigenvalue weighted by Gasteiger charge is -2.01. The SMILES string of the molecule is Cc1cc(N2CC2)nc(Cl)n1. The summed E-state index contributed by atoms with van der Waals surface area (Å²) in [5.74, 6) is 0.947. The number of aryl methyl sites for hydroxylation is 1. The molecule has 2 heterocycles. The van der Waals surface area contributed by atoms with Crippen LogP contribution in [0.5, 0.6) is 0 Å². The van der Waals surface area contributed by atoms with Crippen LogP contribution in [0.1, 0.15) is 5.69 Å². The standard InChI is InChI=1S/C7H8ClN3/c1-5-4-6(11-2-3-11)10-7(8)9-5/h4H,2-3H2,1H3. The molecule has 0 amide bonds. The topological polar surface area (TPSA) is 28.8 Å². The molecule has 1 fully saturated rings. The molecule has 1 aromatic rings. The Morgan fingerprint density at radius 1 is 1.45 bits per heavy atom. The van der Waals surface area contributed by atoms with Crippen molar-refractivity contribution in [1.82, 2.24) is 9.97 Å². The predicted molar refractivity (Wildman–Crippen MR) is 44.0 cm³/mol. The van der Waals surface area contributed by atoms with Crippen LogP contribution in [0.15, 0.2) is 6.07 Å². The monoisotopic (exact) mass is 169 g/mol. The van der Waals surface area contributed by atoms with E-state index in [1.54, 1.807) is 0 Å². The van der Waals surface area contributed by atoms with Gasteiger partial charge in [-0.25, -0.2) is 9.97 Å². The first-order chi connectivity index (χ1) is 5.25. The Bertz CT molecular complexity index is 263. The van der Waals surface area contributed by atoms with Crippen molar-refractivity contribution in [2.24, 2.45) is 0 Å². The number of anilines is 1. The summed E-state index contributed by atoms with van der Waals surface area (Å²) in [6, 6.07) is 1.94. The first-order valence-electron chi connectivity index (χ1n) is 3.52. The number of rotatable bonds is 1. The van der Waals surface area contributed by atoms with E-state index in [1.807, 2.05) is 13.0 Å². The molecule has 1 saturated heterocycles. The van der Waals surface area contributed by atoms with E-state index in [4.69, 9.17) is 11.6 Å². The van der Waals surface area contributed by atoms with Crippen molar-refractivity contribution >= 4 is 17.4 Å². The molecule has 4 heteroatoms. The zero-order chi connectivity index (χ0) is 7.84. The zero-order valence-electron chi connectivity index (χ0n) is 6.21. The van der Waals surface area contributed by atoms with Gasteiger partial charge < -0.3 is 4.90 Å². The molecular formula is C7H8ClN3. The summed E-state index contributed by atoms with van der Waals surface area (Å²) in [6.45, 7) is 4.10. The van der Waals surface area contributed by atoms with Crippen LogP contribution >= 0.6 is 11.6 Å². The number of halogens is 1. The summed E-state index contributed by atoms with van der Waals surface area (Å²) in [7, 11) is 0. The van der Waals surface area contributed by atoms with Gasteiger partial charge in [-0.3, -0.25) is 0 Å². The Labute approximate surface area is 70.0 Å². The average Bonchev–Trinajstić information content (AvgIpc) is 2.64. The summed E-state index contributed by atoms with van der Waals surface area (Å²) in [5, 5.41) is 0.340. The van der Waals surface area contributed by atoms with E-state index < -0.39 is 0 Å². The van der Waals surface area contributed by atoms with Gasteiger partial charge in [-0.05, 0) is 18.5 Å². The lowest BCUT2D eigenvalue weighted by atomic mass is 10.4. The van der Waals surface area contributed by atoms with Crippen molar-refractivity contribution in [2.45, 2.75) is 6.92 Å². The fourth-order valence-electron chi connectivity index (χ4n) is 0.958. The van der Waals surface area contributed by atoms with Crippen LogP contribution in [0.3, 0.4) is 0 Å². The quantitative estimate of drug-likeness (QED) is 0.468. The second-order valence-corrected chi connectivity index (χ2v) is 2.96. The van der Waals surface area contributed by atoms with E-state index in [0.717, 1.165) is 24.6 Å². The molecule has 3 nitrogen and oxygen atoms in total. The van der Waals surface area contributed by atoms with Crippen molar-refractivity contribution in [1.29, 1.82) is 0 Å². The van der Waals surface area contributed by atoms with Gasteiger partial charge in [0.2, 0.25) is 5.28 Å². The molecule has 0 aliphatic carbocycles. The van der Waals surface area contributed by atoms with E-state index in [0.29, 0.717) is 5.28 Å². The van der Waals surface area contributed by atoms with Crippen molar-refractivity contribution in [3.05, 3.63) is 17.0 Å². The van der Waals surface area contributed by atoms with Gasteiger partial charge in [0.25, 0.3) is 0 Å². The van der Waals surface area contributed by atoms with E-state index in [1.165, 1.54) is 0 Å². The number of nitrogens with zero attached hydrogens (tertiary/aromatic N) is 3. The molecule has 58 valence electrons. The second-order valence-electron chi connectivity index (χ2n) is 2.62. The Kier molecular flexibility index (Phi) is 1.46. The predicted octanol–water partition coefficient (Wildman–Crippen LogP) is 1.26. The molecule has 0 radical (unpaired) electrons. The molecule has 0 saturated carbocycles. The van der Waals surface area contributed by atoms with E-state index in [-0.39, 0.29) is 0 Å². The highest BCUT2D eigenvalue weighted by molar-refractivity contribution is 6.28. The van der Waals surface area contributed by atoms with Gasteiger partial charge in [-0.15, -0.1) is 0 Å². The Hall–Kier alpha value is -0.830. The van der Waals surface area contributed by atoms with Crippen LogP contribution < -0.4 is 4.90 Å². The Morgan fingerprint density at radius 3 is 2.73 bits per heavy atom. The third-order valence-corrected chi connectivity index (χ3v) is 1.75. The molecule has 0 unspecified atom stereocenters. The normalized spacial score (nSPS) is 15.3. The molecule has 0 bridgehead atoms. The summed E-state index contributed by atoms with van der Waals surface area (Å²) in [6.07, 6.45) is 0. The fourth-order valence-corrected chi connectivity index (χ4v) is 1.18. The third kappa shape index (κ3) is 1.43. The maximum atomic E-state index is 5.67. The summed E-state index contributed by atoms with van der Waals surface area (Å²) >= 11 is 5.67. The van der Waals surface area contributed by atoms with Crippen LogP contribution in [-0.2, 0) is 0 Å². The van der Waals surface area contributed by atoms with E-state index in [2.05, 4.69) is 14.9 Å². The lowest BCUT2D eigenvalue weighted by Crippen LogP contribution is -1.97. The molecule has 11 heavy (non-hydrogen) atoms. The van der Waals surface area contributed by atoms with Crippen LogP contribution in [-0.4, -0.2) is 23.1 Å². The van der Waals surface area contributed by atoms with Gasteiger partial charge in [-0.2, -0.15) is 0 Å². The molecule has 0 aromatic carbocycles. The van der Waals surface area contributed by atoms with E-state index >= 15 is 0 Å². The molecular weight excluding hydrogens is 162 g/mol. The van der Waals surface area contributed by atoms with E-state index in [9.17, 15) is 0 Å². The number of aromatic nitrogens is 2. The molecule has 0 atom stereocenters. The van der Waals surface area contributed by atoms with Crippen molar-refractivity contribution in [3.63, 3.8) is 0 Å². The van der Waals surface area contributed by atoms with Crippen LogP contribution in [0.2, 0.25) is 5.28 Å². The maximum absolute atomic E-state index is 5.67. The van der Waals surface area contributed by atoms with Gasteiger partial charge in [0.15, 0.2) is 0 Å². The first-order valence-corrected chi connectivity index (χ1v) is 3.89.